The molecule has 4 heterocycles. The minimum Gasteiger partial charge on any atom is -0.497 e. The first-order chi connectivity index (χ1) is 24.0. The Balaban J connectivity index is 1.32. The van der Waals surface area contributed by atoms with Gasteiger partial charge in [-0.3, -0.25) is 14.3 Å². The number of carbonyl (C=O) groups excluding carboxylic acids is 2. The highest BCUT2D eigenvalue weighted by atomic mass is 32.2. The van der Waals surface area contributed by atoms with Crippen molar-refractivity contribution in [3.63, 3.8) is 0 Å². The zero-order chi connectivity index (χ0) is 34.9. The molecule has 8 rings (SSSR count). The third-order valence-corrected chi connectivity index (χ3v) is 13.4. The van der Waals surface area contributed by atoms with Crippen LogP contribution in [0.15, 0.2) is 42.6 Å². The lowest BCUT2D eigenvalue weighted by Crippen LogP contribution is -2.35. The number of hydrogen-bond acceptors (Lipinski definition) is 6. The fourth-order valence-electron chi connectivity index (χ4n) is 8.70. The molecule has 1 saturated heterocycles. The van der Waals surface area contributed by atoms with E-state index in [2.05, 4.69) is 32.6 Å². The quantitative estimate of drug-likeness (QED) is 0.233. The molecule has 1 unspecified atom stereocenters. The number of hydrogen-bond donors (Lipinski definition) is 1. The molecule has 0 bridgehead atoms. The van der Waals surface area contributed by atoms with Crippen molar-refractivity contribution in [1.29, 1.82) is 0 Å². The van der Waals surface area contributed by atoms with Crippen LogP contribution in [0, 0.1) is 11.8 Å². The Hall–Kier alpha value is -4.38. The molecule has 2 amide bonds. The zero-order valence-corrected chi connectivity index (χ0v) is 30.1. The summed E-state index contributed by atoms with van der Waals surface area (Å²) in [5.74, 6) is 1.64. The van der Waals surface area contributed by atoms with E-state index in [0.29, 0.717) is 29.9 Å². The Morgan fingerprint density at radius 1 is 0.960 bits per heavy atom. The number of sulfonamides is 1. The second-order valence-electron chi connectivity index (χ2n) is 14.9. The van der Waals surface area contributed by atoms with E-state index in [0.717, 1.165) is 83.5 Å². The second kappa shape index (κ2) is 12.4. The lowest BCUT2D eigenvalue weighted by molar-refractivity contribution is 0.0786. The number of aryl methyl sites for hydroxylation is 1. The summed E-state index contributed by atoms with van der Waals surface area (Å²) in [6.07, 6.45) is 11.9. The molecule has 1 N–H and O–H groups in total. The van der Waals surface area contributed by atoms with Crippen LogP contribution in [-0.4, -0.2) is 64.9 Å². The minimum atomic E-state index is -3.82. The van der Waals surface area contributed by atoms with Gasteiger partial charge in [0.2, 0.25) is 10.0 Å². The largest absolute Gasteiger partial charge is 0.497 e. The number of aromatic nitrogens is 3. The SMILES string of the molecule is COc1ccc2c(c1)C=C(c1c(C(=O)N3CC4CC[C@@H]4C3)cnn1C)Cn1c-2c(C2CCCCC2)c2ccc(C(=O)NS(=O)(=O)C(C)C)cc21. The highest BCUT2D eigenvalue weighted by Crippen LogP contribution is 2.48. The highest BCUT2D eigenvalue weighted by molar-refractivity contribution is 7.90. The number of methoxy groups -OCH3 is 1. The number of ether oxygens (including phenoxy) is 1. The maximum Gasteiger partial charge on any atom is 0.264 e. The van der Waals surface area contributed by atoms with Crippen LogP contribution in [0.25, 0.3) is 33.8 Å². The second-order valence-corrected chi connectivity index (χ2v) is 17.1. The van der Waals surface area contributed by atoms with Crippen molar-refractivity contribution in [2.24, 2.45) is 18.9 Å². The van der Waals surface area contributed by atoms with E-state index in [9.17, 15) is 18.0 Å². The molecule has 2 aromatic carbocycles. The molecule has 11 heteroatoms. The van der Waals surface area contributed by atoms with Crippen molar-refractivity contribution < 1.29 is 22.7 Å². The van der Waals surface area contributed by atoms with Crippen LogP contribution in [0.1, 0.15) is 102 Å². The molecule has 2 atom stereocenters. The molecular formula is C39H45N5O5S. The minimum absolute atomic E-state index is 0.0179. The molecule has 10 nitrogen and oxygen atoms in total. The Morgan fingerprint density at radius 2 is 1.70 bits per heavy atom. The molecule has 262 valence electrons. The number of fused-ring (bicyclic) bond motifs is 6. The first kappa shape index (κ1) is 32.8. The number of likely N-dealkylation sites (tertiary alicyclic amines) is 1. The van der Waals surface area contributed by atoms with Gasteiger partial charge in [-0.2, -0.15) is 5.10 Å². The Labute approximate surface area is 293 Å². The monoisotopic (exact) mass is 695 g/mol. The number of carbonyl (C=O) groups is 2. The molecule has 50 heavy (non-hydrogen) atoms. The molecule has 0 spiro atoms. The van der Waals surface area contributed by atoms with Crippen LogP contribution in [0.4, 0.5) is 0 Å². The predicted octanol–water partition coefficient (Wildman–Crippen LogP) is 6.60. The molecule has 2 saturated carbocycles. The van der Waals surface area contributed by atoms with E-state index in [-0.39, 0.29) is 11.5 Å². The first-order valence-electron chi connectivity index (χ1n) is 18.0. The molecule has 0 radical (unpaired) electrons. The summed E-state index contributed by atoms with van der Waals surface area (Å²) >= 11 is 0. The van der Waals surface area contributed by atoms with Crippen molar-refractivity contribution in [2.75, 3.05) is 20.2 Å². The number of benzene rings is 2. The van der Waals surface area contributed by atoms with Crippen LogP contribution < -0.4 is 9.46 Å². The van der Waals surface area contributed by atoms with Gasteiger partial charge in [-0.25, -0.2) is 13.1 Å². The van der Waals surface area contributed by atoms with Gasteiger partial charge in [0.25, 0.3) is 11.8 Å². The first-order valence-corrected chi connectivity index (χ1v) is 19.5. The zero-order valence-electron chi connectivity index (χ0n) is 29.2. The number of amides is 2. The summed E-state index contributed by atoms with van der Waals surface area (Å²) in [7, 11) is -0.266. The van der Waals surface area contributed by atoms with Gasteiger partial charge in [-0.05, 0) is 110 Å². The van der Waals surface area contributed by atoms with Crippen molar-refractivity contribution >= 4 is 44.4 Å². The Bertz CT molecular complexity index is 2160. The average Bonchev–Trinajstić information content (AvgIpc) is 3.70. The van der Waals surface area contributed by atoms with E-state index >= 15 is 0 Å². The van der Waals surface area contributed by atoms with Crippen molar-refractivity contribution in [1.82, 2.24) is 24.0 Å². The lowest BCUT2D eigenvalue weighted by atomic mass is 9.77. The number of nitrogens with one attached hydrogen (secondary N) is 1. The van der Waals surface area contributed by atoms with Gasteiger partial charge in [-0.1, -0.05) is 25.3 Å². The molecule has 4 aliphatic rings. The average molecular weight is 696 g/mol. The number of rotatable bonds is 7. The fraction of sp³-hybridized carbons (Fsp3) is 0.462. The standard InChI is InChI=1S/C39H45N5O5S/c1-23(2)50(47,48)41-38(45)25-12-14-32-34(18-25)44-22-29(36-33(19-40-42(36)3)39(46)43-20-26-10-11-27(26)21-43)16-28-17-30(49-4)13-15-31(28)37(44)35(32)24-8-6-5-7-9-24/h12-19,23-24,26-27H,5-11,20-22H2,1-4H3,(H,41,45)/t26-,27?/m1/s1. The molecule has 4 aromatic rings. The van der Waals surface area contributed by atoms with E-state index < -0.39 is 21.2 Å². The van der Waals surface area contributed by atoms with Crippen LogP contribution in [0.3, 0.4) is 0 Å². The molecule has 2 aromatic heterocycles. The highest BCUT2D eigenvalue weighted by Gasteiger charge is 2.42. The van der Waals surface area contributed by atoms with Crippen molar-refractivity contribution in [3.05, 3.63) is 70.5 Å². The van der Waals surface area contributed by atoms with Crippen molar-refractivity contribution in [2.45, 2.75) is 76.5 Å². The normalized spacial score (nSPS) is 20.5. The summed E-state index contributed by atoms with van der Waals surface area (Å²) in [6, 6.07) is 11.7. The van der Waals surface area contributed by atoms with Gasteiger partial charge < -0.3 is 14.2 Å². The molecule has 2 aliphatic heterocycles. The fourth-order valence-corrected chi connectivity index (χ4v) is 9.31. The summed E-state index contributed by atoms with van der Waals surface area (Å²) in [4.78, 5) is 29.6. The topological polar surface area (TPSA) is 116 Å². The number of allylic oxidation sites excluding steroid dienone is 1. The van der Waals surface area contributed by atoms with Crippen LogP contribution in [0.5, 0.6) is 5.75 Å². The van der Waals surface area contributed by atoms with Gasteiger partial charge in [0, 0.05) is 42.2 Å². The molecule has 2 aliphatic carbocycles. The van der Waals surface area contributed by atoms with Gasteiger partial charge in [0.05, 0.1) is 42.1 Å². The van der Waals surface area contributed by atoms with Crippen LogP contribution in [-0.2, 0) is 23.6 Å². The third kappa shape index (κ3) is 5.45. The number of nitrogens with zero attached hydrogens (tertiary/aromatic N) is 4. The maximum atomic E-state index is 14.1. The Morgan fingerprint density at radius 3 is 2.38 bits per heavy atom. The van der Waals surface area contributed by atoms with Gasteiger partial charge >= 0.3 is 0 Å². The lowest BCUT2D eigenvalue weighted by Gasteiger charge is -2.27. The van der Waals surface area contributed by atoms with Crippen LogP contribution >= 0.6 is 0 Å². The summed E-state index contributed by atoms with van der Waals surface area (Å²) < 4.78 is 37.4. The van der Waals surface area contributed by atoms with E-state index in [1.165, 1.54) is 24.8 Å². The maximum absolute atomic E-state index is 14.1. The third-order valence-electron chi connectivity index (χ3n) is 11.7. The molecule has 3 fully saturated rings. The van der Waals surface area contributed by atoms with Gasteiger partial charge in [-0.15, -0.1) is 0 Å². The smallest absolute Gasteiger partial charge is 0.264 e. The molecular weight excluding hydrogens is 651 g/mol. The summed E-state index contributed by atoms with van der Waals surface area (Å²) in [6.45, 7) is 5.12. The summed E-state index contributed by atoms with van der Waals surface area (Å²) in [5.41, 5.74) is 7.82. The van der Waals surface area contributed by atoms with E-state index in [4.69, 9.17) is 4.74 Å². The predicted molar refractivity (Wildman–Crippen MR) is 194 cm³/mol. The van der Waals surface area contributed by atoms with Gasteiger partial charge in [0.1, 0.15) is 5.75 Å². The summed E-state index contributed by atoms with van der Waals surface area (Å²) in [5, 5.41) is 4.94. The van der Waals surface area contributed by atoms with E-state index in [1.54, 1.807) is 37.9 Å². The Kier molecular flexibility index (Phi) is 8.16. The van der Waals surface area contributed by atoms with Crippen molar-refractivity contribution in [3.8, 4) is 17.0 Å². The van der Waals surface area contributed by atoms with Crippen LogP contribution in [0.2, 0.25) is 0 Å². The van der Waals surface area contributed by atoms with E-state index in [1.807, 2.05) is 30.1 Å². The van der Waals surface area contributed by atoms with Gasteiger partial charge in [0.15, 0.2) is 0 Å².